The number of anilines is 3. The number of nitrogens with one attached hydrogen (secondary N) is 2. The zero-order chi connectivity index (χ0) is 15.1. The molecule has 21 heavy (non-hydrogen) atoms. The Morgan fingerprint density at radius 1 is 1.00 bits per heavy atom. The van der Waals surface area contributed by atoms with E-state index in [0.717, 1.165) is 23.5 Å². The summed E-state index contributed by atoms with van der Waals surface area (Å²) in [5.74, 6) is 0.0327. The molecule has 0 aliphatic heterocycles. The van der Waals surface area contributed by atoms with Crippen LogP contribution >= 0.6 is 0 Å². The number of benzene rings is 2. The van der Waals surface area contributed by atoms with E-state index in [0.29, 0.717) is 12.0 Å². The van der Waals surface area contributed by atoms with E-state index in [1.165, 1.54) is 0 Å². The molecule has 4 nitrogen and oxygen atoms in total. The van der Waals surface area contributed by atoms with Gasteiger partial charge in [-0.15, -0.1) is 0 Å². The quantitative estimate of drug-likeness (QED) is 0.868. The molecule has 1 amide bonds. The maximum atomic E-state index is 11.5. The van der Waals surface area contributed by atoms with Crippen LogP contribution < -0.4 is 10.6 Å². The molecule has 0 atom stereocenters. The van der Waals surface area contributed by atoms with Gasteiger partial charge in [0.2, 0.25) is 5.91 Å². The van der Waals surface area contributed by atoms with E-state index in [1.54, 1.807) is 12.1 Å². The minimum absolute atomic E-state index is 0.0327. The van der Waals surface area contributed by atoms with Gasteiger partial charge in [-0.1, -0.05) is 6.92 Å². The topological polar surface area (TPSA) is 64.9 Å². The summed E-state index contributed by atoms with van der Waals surface area (Å²) in [6.45, 7) is 1.98. The molecule has 0 saturated heterocycles. The molecule has 0 spiro atoms. The summed E-state index contributed by atoms with van der Waals surface area (Å²) >= 11 is 0. The summed E-state index contributed by atoms with van der Waals surface area (Å²) in [6, 6.07) is 16.9. The predicted molar refractivity (Wildman–Crippen MR) is 84.4 cm³/mol. The summed E-state index contributed by atoms with van der Waals surface area (Å²) in [5, 5.41) is 14.8. The highest BCUT2D eigenvalue weighted by atomic mass is 16.1. The van der Waals surface area contributed by atoms with Crippen molar-refractivity contribution in [1.82, 2.24) is 0 Å². The van der Waals surface area contributed by atoms with Crippen molar-refractivity contribution < 1.29 is 4.79 Å². The third-order valence-electron chi connectivity index (χ3n) is 2.95. The van der Waals surface area contributed by atoms with E-state index < -0.39 is 0 Å². The van der Waals surface area contributed by atoms with Crippen molar-refractivity contribution in [2.45, 2.75) is 19.8 Å². The average Bonchev–Trinajstić information content (AvgIpc) is 2.50. The van der Waals surface area contributed by atoms with Crippen LogP contribution in [0.2, 0.25) is 0 Å². The van der Waals surface area contributed by atoms with Gasteiger partial charge in [0.1, 0.15) is 0 Å². The van der Waals surface area contributed by atoms with Crippen LogP contribution in [0.1, 0.15) is 25.3 Å². The Labute approximate surface area is 124 Å². The molecule has 2 N–H and O–H groups in total. The van der Waals surface area contributed by atoms with E-state index in [-0.39, 0.29) is 5.91 Å². The second kappa shape index (κ2) is 7.11. The fraction of sp³-hybridized carbons (Fsp3) is 0.176. The van der Waals surface area contributed by atoms with Crippen LogP contribution in [-0.4, -0.2) is 5.91 Å². The van der Waals surface area contributed by atoms with Crippen LogP contribution in [-0.2, 0) is 4.79 Å². The molecule has 0 radical (unpaired) electrons. The molecular formula is C17H17N3O. The van der Waals surface area contributed by atoms with Crippen molar-refractivity contribution in [3.05, 3.63) is 54.1 Å². The van der Waals surface area contributed by atoms with E-state index in [4.69, 9.17) is 5.26 Å². The van der Waals surface area contributed by atoms with Crippen molar-refractivity contribution in [1.29, 1.82) is 5.26 Å². The second-order valence-electron chi connectivity index (χ2n) is 4.69. The molecule has 2 rings (SSSR count). The van der Waals surface area contributed by atoms with Crippen LogP contribution in [0, 0.1) is 11.3 Å². The van der Waals surface area contributed by atoms with Gasteiger partial charge >= 0.3 is 0 Å². The zero-order valence-corrected chi connectivity index (χ0v) is 11.9. The van der Waals surface area contributed by atoms with Crippen molar-refractivity contribution in [3.63, 3.8) is 0 Å². The largest absolute Gasteiger partial charge is 0.356 e. The van der Waals surface area contributed by atoms with Crippen LogP contribution in [0.15, 0.2) is 48.5 Å². The van der Waals surface area contributed by atoms with Gasteiger partial charge in [0, 0.05) is 23.5 Å². The number of carbonyl (C=O) groups is 1. The van der Waals surface area contributed by atoms with Gasteiger partial charge in [0.25, 0.3) is 0 Å². The Morgan fingerprint density at radius 2 is 1.52 bits per heavy atom. The van der Waals surface area contributed by atoms with Gasteiger partial charge in [-0.05, 0) is 55.0 Å². The van der Waals surface area contributed by atoms with Crippen LogP contribution in [0.5, 0.6) is 0 Å². The standard InChI is InChI=1S/C17H17N3O/c1-2-3-17(21)20-16-10-8-15(9-11-16)19-14-6-4-13(12-18)5-7-14/h4-11,19H,2-3H2,1H3,(H,20,21). The van der Waals surface area contributed by atoms with Gasteiger partial charge in [0.15, 0.2) is 0 Å². The van der Waals surface area contributed by atoms with E-state index in [2.05, 4.69) is 16.7 Å². The Morgan fingerprint density at radius 3 is 2.05 bits per heavy atom. The molecule has 0 bridgehead atoms. The first-order valence-electron chi connectivity index (χ1n) is 6.88. The smallest absolute Gasteiger partial charge is 0.224 e. The lowest BCUT2D eigenvalue weighted by Crippen LogP contribution is -2.10. The minimum Gasteiger partial charge on any atom is -0.356 e. The number of carbonyl (C=O) groups excluding carboxylic acids is 1. The number of nitrogens with zero attached hydrogens (tertiary/aromatic N) is 1. The van der Waals surface area contributed by atoms with E-state index in [1.807, 2.05) is 43.3 Å². The summed E-state index contributed by atoms with van der Waals surface area (Å²) in [7, 11) is 0. The first-order chi connectivity index (χ1) is 10.2. The number of hydrogen-bond acceptors (Lipinski definition) is 3. The number of nitriles is 1. The monoisotopic (exact) mass is 279 g/mol. The maximum Gasteiger partial charge on any atom is 0.224 e. The van der Waals surface area contributed by atoms with E-state index in [9.17, 15) is 4.79 Å². The Bertz CT molecular complexity index is 639. The molecular weight excluding hydrogens is 262 g/mol. The van der Waals surface area contributed by atoms with Crippen LogP contribution in [0.3, 0.4) is 0 Å². The molecule has 0 aliphatic rings. The Hall–Kier alpha value is -2.80. The highest BCUT2D eigenvalue weighted by Crippen LogP contribution is 2.19. The highest BCUT2D eigenvalue weighted by molar-refractivity contribution is 5.90. The average molecular weight is 279 g/mol. The second-order valence-corrected chi connectivity index (χ2v) is 4.69. The van der Waals surface area contributed by atoms with Crippen molar-refractivity contribution in [3.8, 4) is 6.07 Å². The van der Waals surface area contributed by atoms with Crippen molar-refractivity contribution in [2.24, 2.45) is 0 Å². The summed E-state index contributed by atoms with van der Waals surface area (Å²) in [5.41, 5.74) is 3.26. The van der Waals surface area contributed by atoms with Crippen LogP contribution in [0.25, 0.3) is 0 Å². The Kier molecular flexibility index (Phi) is 4.94. The molecule has 0 aliphatic carbocycles. The molecule has 0 heterocycles. The molecule has 0 aromatic heterocycles. The zero-order valence-electron chi connectivity index (χ0n) is 11.9. The first kappa shape index (κ1) is 14.6. The summed E-state index contributed by atoms with van der Waals surface area (Å²) in [4.78, 5) is 11.5. The highest BCUT2D eigenvalue weighted by Gasteiger charge is 2.01. The molecule has 0 fully saturated rings. The lowest BCUT2D eigenvalue weighted by atomic mass is 10.2. The Balaban J connectivity index is 1.98. The molecule has 4 heteroatoms. The van der Waals surface area contributed by atoms with Crippen molar-refractivity contribution in [2.75, 3.05) is 10.6 Å². The molecule has 2 aromatic rings. The van der Waals surface area contributed by atoms with Gasteiger partial charge in [0.05, 0.1) is 11.6 Å². The molecule has 2 aromatic carbocycles. The van der Waals surface area contributed by atoms with Crippen LogP contribution in [0.4, 0.5) is 17.1 Å². The molecule has 0 unspecified atom stereocenters. The number of hydrogen-bond donors (Lipinski definition) is 2. The lowest BCUT2D eigenvalue weighted by molar-refractivity contribution is -0.116. The number of rotatable bonds is 5. The third-order valence-corrected chi connectivity index (χ3v) is 2.95. The van der Waals surface area contributed by atoms with E-state index >= 15 is 0 Å². The molecule has 106 valence electrons. The minimum atomic E-state index is 0.0327. The van der Waals surface area contributed by atoms with Gasteiger partial charge < -0.3 is 10.6 Å². The SMILES string of the molecule is CCCC(=O)Nc1ccc(Nc2ccc(C#N)cc2)cc1. The van der Waals surface area contributed by atoms with Gasteiger partial charge in [-0.3, -0.25) is 4.79 Å². The lowest BCUT2D eigenvalue weighted by Gasteiger charge is -2.08. The number of amides is 1. The summed E-state index contributed by atoms with van der Waals surface area (Å²) in [6.07, 6.45) is 1.37. The molecule has 0 saturated carbocycles. The van der Waals surface area contributed by atoms with Gasteiger partial charge in [-0.2, -0.15) is 5.26 Å². The first-order valence-corrected chi connectivity index (χ1v) is 6.88. The third kappa shape index (κ3) is 4.36. The summed E-state index contributed by atoms with van der Waals surface area (Å²) < 4.78 is 0. The van der Waals surface area contributed by atoms with Crippen molar-refractivity contribution >= 4 is 23.0 Å². The maximum absolute atomic E-state index is 11.5. The normalized spacial score (nSPS) is 9.71. The fourth-order valence-electron chi connectivity index (χ4n) is 1.88. The van der Waals surface area contributed by atoms with Gasteiger partial charge in [-0.25, -0.2) is 0 Å². The predicted octanol–water partition coefficient (Wildman–Crippen LogP) is 4.04. The fourth-order valence-corrected chi connectivity index (χ4v) is 1.88.